The van der Waals surface area contributed by atoms with E-state index in [2.05, 4.69) is 17.5 Å². The summed E-state index contributed by atoms with van der Waals surface area (Å²) in [5, 5.41) is 12.6. The first-order valence-corrected chi connectivity index (χ1v) is 5.86. The van der Waals surface area contributed by atoms with Crippen LogP contribution in [0.4, 0.5) is 11.4 Å². The maximum absolute atomic E-state index is 9.26. The van der Waals surface area contributed by atoms with E-state index in [0.717, 1.165) is 29.0 Å². The second-order valence-corrected chi connectivity index (χ2v) is 4.38. The number of benzene rings is 2. The number of fused-ring (bicyclic) bond motifs is 1. The van der Waals surface area contributed by atoms with Crippen molar-refractivity contribution in [1.29, 1.82) is 0 Å². The summed E-state index contributed by atoms with van der Waals surface area (Å²) in [6, 6.07) is 13.1. The molecule has 3 heteroatoms. The fourth-order valence-electron chi connectivity index (χ4n) is 2.21. The molecule has 0 unspecified atom stereocenters. The lowest BCUT2D eigenvalue weighted by Crippen LogP contribution is -1.95. The van der Waals surface area contributed by atoms with Crippen LogP contribution in [0.2, 0.25) is 0 Å². The Morgan fingerprint density at radius 2 is 1.89 bits per heavy atom. The van der Waals surface area contributed by atoms with Crippen LogP contribution in [-0.2, 0) is 0 Å². The minimum Gasteiger partial charge on any atom is -0.508 e. The topological polar surface area (TPSA) is 58.3 Å². The van der Waals surface area contributed by atoms with Gasteiger partial charge in [-0.3, -0.25) is 0 Å². The summed E-state index contributed by atoms with van der Waals surface area (Å²) in [5.41, 5.74) is 11.2. The van der Waals surface area contributed by atoms with E-state index < -0.39 is 0 Å². The van der Waals surface area contributed by atoms with Crippen LogP contribution in [0.5, 0.6) is 5.75 Å². The highest BCUT2D eigenvalue weighted by molar-refractivity contribution is 5.96. The van der Waals surface area contributed by atoms with E-state index >= 15 is 0 Å². The third kappa shape index (κ3) is 1.80. The number of nitrogens with one attached hydrogen (secondary N) is 1. The third-order valence-electron chi connectivity index (χ3n) is 3.13. The quantitative estimate of drug-likeness (QED) is 0.669. The number of nitrogens with two attached hydrogens (primary N) is 1. The molecule has 2 aromatic carbocycles. The Bertz CT molecular complexity index is 615. The van der Waals surface area contributed by atoms with Crippen LogP contribution in [-0.4, -0.2) is 11.7 Å². The summed E-state index contributed by atoms with van der Waals surface area (Å²) >= 11 is 0. The average Bonchev–Trinajstić information content (AvgIpc) is 2.77. The van der Waals surface area contributed by atoms with Gasteiger partial charge in [0.1, 0.15) is 5.75 Å². The SMILES string of the molecule is Nc1cccc2c1NCC2=Cc1ccc(O)cc1. The number of phenolic OH excluding ortho intramolecular Hbond substituents is 1. The standard InChI is InChI=1S/C15H14N2O/c16-14-3-1-2-13-11(9-17-15(13)14)8-10-4-6-12(18)7-5-10/h1-8,17-18H,9,16H2. The van der Waals surface area contributed by atoms with E-state index in [0.29, 0.717) is 0 Å². The highest BCUT2D eigenvalue weighted by atomic mass is 16.3. The molecule has 3 nitrogen and oxygen atoms in total. The largest absolute Gasteiger partial charge is 0.508 e. The molecular weight excluding hydrogens is 224 g/mol. The van der Waals surface area contributed by atoms with E-state index in [1.165, 1.54) is 5.57 Å². The van der Waals surface area contributed by atoms with Crippen molar-refractivity contribution in [1.82, 2.24) is 0 Å². The Morgan fingerprint density at radius 3 is 2.67 bits per heavy atom. The van der Waals surface area contributed by atoms with E-state index in [4.69, 9.17) is 5.73 Å². The summed E-state index contributed by atoms with van der Waals surface area (Å²) in [6.45, 7) is 0.782. The van der Waals surface area contributed by atoms with Crippen LogP contribution >= 0.6 is 0 Å². The third-order valence-corrected chi connectivity index (χ3v) is 3.13. The second kappa shape index (κ2) is 4.11. The van der Waals surface area contributed by atoms with Crippen LogP contribution in [0.3, 0.4) is 0 Å². The molecule has 0 aromatic heterocycles. The lowest BCUT2D eigenvalue weighted by molar-refractivity contribution is 0.475. The zero-order valence-corrected chi connectivity index (χ0v) is 9.85. The normalized spacial score (nSPS) is 15.4. The van der Waals surface area contributed by atoms with Crippen molar-refractivity contribution in [3.8, 4) is 5.75 Å². The maximum atomic E-state index is 9.26. The molecule has 0 amide bonds. The molecule has 3 rings (SSSR count). The first kappa shape index (κ1) is 10.7. The van der Waals surface area contributed by atoms with Crippen molar-refractivity contribution >= 4 is 23.0 Å². The molecule has 0 fully saturated rings. The van der Waals surface area contributed by atoms with E-state index in [1.54, 1.807) is 12.1 Å². The highest BCUT2D eigenvalue weighted by Gasteiger charge is 2.16. The molecule has 0 spiro atoms. The smallest absolute Gasteiger partial charge is 0.115 e. The van der Waals surface area contributed by atoms with Crippen molar-refractivity contribution in [3.63, 3.8) is 0 Å². The van der Waals surface area contributed by atoms with Crippen LogP contribution in [0, 0.1) is 0 Å². The zero-order valence-electron chi connectivity index (χ0n) is 9.85. The van der Waals surface area contributed by atoms with Crippen LogP contribution in [0.15, 0.2) is 42.5 Å². The molecular formula is C15H14N2O. The second-order valence-electron chi connectivity index (χ2n) is 4.38. The molecule has 18 heavy (non-hydrogen) atoms. The molecule has 1 aliphatic rings. The summed E-state index contributed by atoms with van der Waals surface area (Å²) in [5.74, 6) is 0.284. The molecule has 1 heterocycles. The molecule has 0 aliphatic carbocycles. The summed E-state index contributed by atoms with van der Waals surface area (Å²) in [6.07, 6.45) is 2.11. The van der Waals surface area contributed by atoms with Gasteiger partial charge in [0.2, 0.25) is 0 Å². The van der Waals surface area contributed by atoms with Gasteiger partial charge in [0.25, 0.3) is 0 Å². The number of hydrogen-bond acceptors (Lipinski definition) is 3. The minimum absolute atomic E-state index is 0.284. The Balaban J connectivity index is 2.01. The van der Waals surface area contributed by atoms with Crippen LogP contribution in [0.25, 0.3) is 11.6 Å². The van der Waals surface area contributed by atoms with Crippen LogP contribution < -0.4 is 11.1 Å². The van der Waals surface area contributed by atoms with Gasteiger partial charge in [0, 0.05) is 12.1 Å². The van der Waals surface area contributed by atoms with E-state index in [9.17, 15) is 5.11 Å². The molecule has 0 radical (unpaired) electrons. The molecule has 90 valence electrons. The van der Waals surface area contributed by atoms with Gasteiger partial charge in [0.05, 0.1) is 11.4 Å². The fourth-order valence-corrected chi connectivity index (χ4v) is 2.21. The predicted octanol–water partition coefficient (Wildman–Crippen LogP) is 2.94. The Hall–Kier alpha value is -2.42. The van der Waals surface area contributed by atoms with Crippen molar-refractivity contribution < 1.29 is 5.11 Å². The van der Waals surface area contributed by atoms with Crippen molar-refractivity contribution in [3.05, 3.63) is 53.6 Å². The van der Waals surface area contributed by atoms with Crippen LogP contribution in [0.1, 0.15) is 11.1 Å². The van der Waals surface area contributed by atoms with E-state index in [-0.39, 0.29) is 5.75 Å². The fraction of sp³-hybridized carbons (Fsp3) is 0.0667. The first-order valence-electron chi connectivity index (χ1n) is 5.86. The molecule has 0 saturated heterocycles. The van der Waals surface area contributed by atoms with Crippen molar-refractivity contribution in [2.75, 3.05) is 17.6 Å². The van der Waals surface area contributed by atoms with Gasteiger partial charge >= 0.3 is 0 Å². The van der Waals surface area contributed by atoms with Gasteiger partial charge in [-0.1, -0.05) is 24.3 Å². The zero-order chi connectivity index (χ0) is 12.5. The number of para-hydroxylation sites is 1. The predicted molar refractivity (Wildman–Crippen MR) is 75.3 cm³/mol. The number of hydrogen-bond donors (Lipinski definition) is 3. The van der Waals surface area contributed by atoms with Crippen molar-refractivity contribution in [2.45, 2.75) is 0 Å². The maximum Gasteiger partial charge on any atom is 0.115 e. The highest BCUT2D eigenvalue weighted by Crippen LogP contribution is 2.35. The van der Waals surface area contributed by atoms with E-state index in [1.807, 2.05) is 24.3 Å². The van der Waals surface area contributed by atoms with Crippen molar-refractivity contribution in [2.24, 2.45) is 0 Å². The number of anilines is 2. The number of phenols is 1. The Morgan fingerprint density at radius 1 is 1.11 bits per heavy atom. The molecule has 2 aromatic rings. The van der Waals surface area contributed by atoms with Gasteiger partial charge < -0.3 is 16.2 Å². The van der Waals surface area contributed by atoms with Gasteiger partial charge in [-0.2, -0.15) is 0 Å². The van der Waals surface area contributed by atoms with Gasteiger partial charge in [-0.25, -0.2) is 0 Å². The summed E-state index contributed by atoms with van der Waals surface area (Å²) < 4.78 is 0. The Labute approximate surface area is 106 Å². The Kier molecular flexibility index (Phi) is 2.45. The van der Waals surface area contributed by atoms with Gasteiger partial charge in [0.15, 0.2) is 0 Å². The minimum atomic E-state index is 0.284. The molecule has 0 saturated carbocycles. The number of aromatic hydroxyl groups is 1. The molecule has 0 bridgehead atoms. The number of rotatable bonds is 1. The first-order chi connectivity index (χ1) is 8.74. The lowest BCUT2D eigenvalue weighted by Gasteiger charge is -2.02. The number of nitrogen functional groups attached to an aromatic ring is 1. The lowest BCUT2D eigenvalue weighted by atomic mass is 10.0. The molecule has 1 aliphatic heterocycles. The molecule has 0 atom stereocenters. The summed E-state index contributed by atoms with van der Waals surface area (Å²) in [4.78, 5) is 0. The monoisotopic (exact) mass is 238 g/mol. The summed E-state index contributed by atoms with van der Waals surface area (Å²) in [7, 11) is 0. The van der Waals surface area contributed by atoms with Gasteiger partial charge in [-0.05, 0) is 35.4 Å². The molecule has 4 N–H and O–H groups in total. The average molecular weight is 238 g/mol. The van der Waals surface area contributed by atoms with Gasteiger partial charge in [-0.15, -0.1) is 0 Å².